The summed E-state index contributed by atoms with van der Waals surface area (Å²) in [6.07, 6.45) is 16.1. The van der Waals surface area contributed by atoms with Crippen molar-refractivity contribution in [3.63, 3.8) is 0 Å². The Kier molecular flexibility index (Phi) is 4.25. The molecule has 18 heavy (non-hydrogen) atoms. The molecule has 0 radical (unpaired) electrons. The van der Waals surface area contributed by atoms with Gasteiger partial charge in [0.25, 0.3) is 0 Å². The molecule has 2 bridgehead atoms. The summed E-state index contributed by atoms with van der Waals surface area (Å²) >= 11 is 0. The van der Waals surface area contributed by atoms with Crippen molar-refractivity contribution in [3.8, 4) is 0 Å². The molecule has 1 saturated carbocycles. The second-order valence-corrected chi connectivity index (χ2v) is 6.79. The number of nitrogens with zero attached hydrogens (tertiary/aromatic N) is 1. The van der Waals surface area contributed by atoms with Gasteiger partial charge in [-0.15, -0.1) is 0 Å². The fourth-order valence-electron chi connectivity index (χ4n) is 4.81. The summed E-state index contributed by atoms with van der Waals surface area (Å²) in [5.74, 6) is 0. The van der Waals surface area contributed by atoms with Crippen LogP contribution in [0.5, 0.6) is 0 Å². The van der Waals surface area contributed by atoms with Crippen LogP contribution in [0.3, 0.4) is 0 Å². The molecule has 2 aliphatic heterocycles. The van der Waals surface area contributed by atoms with E-state index in [0.29, 0.717) is 0 Å². The van der Waals surface area contributed by atoms with Crippen LogP contribution in [0.15, 0.2) is 0 Å². The van der Waals surface area contributed by atoms with Gasteiger partial charge in [0.2, 0.25) is 0 Å². The average Bonchev–Trinajstić information content (AvgIpc) is 2.65. The maximum absolute atomic E-state index is 3.54. The molecule has 1 aliphatic carbocycles. The van der Waals surface area contributed by atoms with Gasteiger partial charge in [0.1, 0.15) is 0 Å². The second-order valence-electron chi connectivity index (χ2n) is 6.79. The number of rotatable bonds is 2. The Morgan fingerprint density at radius 1 is 0.722 bits per heavy atom. The zero-order chi connectivity index (χ0) is 12.4. The zero-order valence-corrected chi connectivity index (χ0v) is 12.0. The number of hydrogen-bond acceptors (Lipinski definition) is 2. The zero-order valence-electron chi connectivity index (χ0n) is 12.0. The summed E-state index contributed by atoms with van der Waals surface area (Å²) in [5.41, 5.74) is 0. The minimum Gasteiger partial charge on any atom is -0.317 e. The Hall–Kier alpha value is -0.0800. The molecule has 0 aromatic heterocycles. The van der Waals surface area contributed by atoms with Gasteiger partial charge < -0.3 is 5.32 Å². The molecule has 0 aromatic rings. The van der Waals surface area contributed by atoms with Crippen LogP contribution in [0.1, 0.15) is 70.6 Å². The second kappa shape index (κ2) is 5.92. The van der Waals surface area contributed by atoms with Crippen molar-refractivity contribution in [1.29, 1.82) is 0 Å². The standard InChI is InChI=1S/C16H30N2/c1-17-13-11-15-9-6-10-16(12-13)18(15)14-7-4-2-3-5-8-14/h13-17H,2-12H2,1H3. The Labute approximate surface area is 113 Å². The topological polar surface area (TPSA) is 15.3 Å². The van der Waals surface area contributed by atoms with Crippen LogP contribution in [0.2, 0.25) is 0 Å². The Balaban J connectivity index is 1.70. The molecular formula is C16H30N2. The van der Waals surface area contributed by atoms with Crippen LogP contribution in [0.4, 0.5) is 0 Å². The van der Waals surface area contributed by atoms with Crippen LogP contribution in [0.25, 0.3) is 0 Å². The van der Waals surface area contributed by atoms with Gasteiger partial charge >= 0.3 is 0 Å². The van der Waals surface area contributed by atoms with E-state index in [2.05, 4.69) is 17.3 Å². The van der Waals surface area contributed by atoms with Crippen molar-refractivity contribution in [2.75, 3.05) is 7.05 Å². The predicted molar refractivity (Wildman–Crippen MR) is 76.8 cm³/mol. The first-order chi connectivity index (χ1) is 8.88. The van der Waals surface area contributed by atoms with Gasteiger partial charge in [0.15, 0.2) is 0 Å². The third kappa shape index (κ3) is 2.60. The van der Waals surface area contributed by atoms with Gasteiger partial charge in [0, 0.05) is 24.2 Å². The first kappa shape index (κ1) is 12.9. The summed E-state index contributed by atoms with van der Waals surface area (Å²) in [6, 6.07) is 3.53. The van der Waals surface area contributed by atoms with Crippen LogP contribution >= 0.6 is 0 Å². The van der Waals surface area contributed by atoms with E-state index in [4.69, 9.17) is 0 Å². The smallest absolute Gasteiger partial charge is 0.0116 e. The minimum absolute atomic E-state index is 0.794. The lowest BCUT2D eigenvalue weighted by molar-refractivity contribution is -0.0145. The third-order valence-corrected chi connectivity index (χ3v) is 5.69. The van der Waals surface area contributed by atoms with E-state index >= 15 is 0 Å². The van der Waals surface area contributed by atoms with Crippen molar-refractivity contribution >= 4 is 0 Å². The largest absolute Gasteiger partial charge is 0.317 e. The van der Waals surface area contributed by atoms with Crippen molar-refractivity contribution in [3.05, 3.63) is 0 Å². The van der Waals surface area contributed by atoms with Crippen molar-refractivity contribution in [1.82, 2.24) is 10.2 Å². The highest BCUT2D eigenvalue weighted by atomic mass is 15.2. The van der Waals surface area contributed by atoms with Crippen LogP contribution in [0, 0.1) is 0 Å². The van der Waals surface area contributed by atoms with E-state index in [-0.39, 0.29) is 0 Å². The first-order valence-corrected chi connectivity index (χ1v) is 8.33. The number of piperidine rings is 2. The molecule has 2 nitrogen and oxygen atoms in total. The molecule has 0 spiro atoms. The Bertz CT molecular complexity index is 244. The van der Waals surface area contributed by atoms with Crippen LogP contribution < -0.4 is 5.32 Å². The number of nitrogens with one attached hydrogen (secondary N) is 1. The van der Waals surface area contributed by atoms with Crippen molar-refractivity contribution in [2.45, 2.75) is 94.8 Å². The fourth-order valence-corrected chi connectivity index (χ4v) is 4.81. The summed E-state index contributed by atoms with van der Waals surface area (Å²) in [4.78, 5) is 2.99. The lowest BCUT2D eigenvalue weighted by Gasteiger charge is -2.52. The monoisotopic (exact) mass is 250 g/mol. The molecule has 0 amide bonds. The molecule has 2 saturated heterocycles. The molecule has 3 aliphatic rings. The predicted octanol–water partition coefficient (Wildman–Crippen LogP) is 3.31. The van der Waals surface area contributed by atoms with Gasteiger partial charge in [-0.1, -0.05) is 32.1 Å². The molecule has 0 aromatic carbocycles. The quantitative estimate of drug-likeness (QED) is 0.756. The lowest BCUT2D eigenvalue weighted by Crippen LogP contribution is -2.59. The maximum atomic E-state index is 3.54. The third-order valence-electron chi connectivity index (χ3n) is 5.69. The van der Waals surface area contributed by atoms with Gasteiger partial charge in [-0.25, -0.2) is 0 Å². The van der Waals surface area contributed by atoms with E-state index in [1.807, 2.05) is 0 Å². The molecule has 3 fully saturated rings. The van der Waals surface area contributed by atoms with Gasteiger partial charge in [-0.2, -0.15) is 0 Å². The lowest BCUT2D eigenvalue weighted by atomic mass is 9.80. The molecule has 3 rings (SSSR count). The van der Waals surface area contributed by atoms with Gasteiger partial charge in [-0.3, -0.25) is 4.90 Å². The van der Waals surface area contributed by atoms with Crippen molar-refractivity contribution in [2.24, 2.45) is 0 Å². The summed E-state index contributed by atoms with van der Waals surface area (Å²) in [5, 5.41) is 3.54. The number of fused-ring (bicyclic) bond motifs is 2. The summed E-state index contributed by atoms with van der Waals surface area (Å²) in [7, 11) is 2.15. The normalized spacial score (nSPS) is 39.5. The summed E-state index contributed by atoms with van der Waals surface area (Å²) < 4.78 is 0. The molecule has 2 heteroatoms. The highest BCUT2D eigenvalue weighted by molar-refractivity contribution is 4.97. The molecule has 2 heterocycles. The van der Waals surface area contributed by atoms with Gasteiger partial charge in [0.05, 0.1) is 0 Å². The maximum Gasteiger partial charge on any atom is 0.0116 e. The molecule has 1 N–H and O–H groups in total. The highest BCUT2D eigenvalue weighted by Crippen LogP contribution is 2.38. The van der Waals surface area contributed by atoms with E-state index in [1.54, 1.807) is 0 Å². The Morgan fingerprint density at radius 2 is 1.28 bits per heavy atom. The molecule has 104 valence electrons. The average molecular weight is 250 g/mol. The van der Waals surface area contributed by atoms with Crippen LogP contribution in [-0.4, -0.2) is 36.1 Å². The highest BCUT2D eigenvalue weighted by Gasteiger charge is 2.40. The van der Waals surface area contributed by atoms with E-state index in [9.17, 15) is 0 Å². The van der Waals surface area contributed by atoms with Crippen molar-refractivity contribution < 1.29 is 0 Å². The number of hydrogen-bond donors (Lipinski definition) is 1. The Morgan fingerprint density at radius 3 is 1.83 bits per heavy atom. The van der Waals surface area contributed by atoms with Gasteiger partial charge in [-0.05, 0) is 45.6 Å². The van der Waals surface area contributed by atoms with Crippen LogP contribution in [-0.2, 0) is 0 Å². The summed E-state index contributed by atoms with van der Waals surface area (Å²) in [6.45, 7) is 0. The molecule has 2 unspecified atom stereocenters. The minimum atomic E-state index is 0.794. The van der Waals surface area contributed by atoms with E-state index in [1.165, 1.54) is 70.6 Å². The SMILES string of the molecule is CNC1CC2CCCC(C1)N2C1CCCCCC1. The first-order valence-electron chi connectivity index (χ1n) is 8.33. The fraction of sp³-hybridized carbons (Fsp3) is 1.00. The molecular weight excluding hydrogens is 220 g/mol. The van der Waals surface area contributed by atoms with E-state index in [0.717, 1.165) is 24.2 Å². The molecule has 2 atom stereocenters. The van der Waals surface area contributed by atoms with E-state index < -0.39 is 0 Å².